The fourth-order valence-corrected chi connectivity index (χ4v) is 1.48. The van der Waals surface area contributed by atoms with Gasteiger partial charge in [0.15, 0.2) is 11.6 Å². The third kappa shape index (κ3) is 1.97. The van der Waals surface area contributed by atoms with Crippen molar-refractivity contribution in [2.75, 3.05) is 5.73 Å². The predicted molar refractivity (Wildman–Crippen MR) is 60.8 cm³/mol. The SMILES string of the molecule is C#CCn1cnc(-c2ccc(F)c(F)c2)c1N. The lowest BCUT2D eigenvalue weighted by Gasteiger charge is -2.02. The molecule has 3 nitrogen and oxygen atoms in total. The van der Waals surface area contributed by atoms with Gasteiger partial charge >= 0.3 is 0 Å². The van der Waals surface area contributed by atoms with Crippen LogP contribution in [0.4, 0.5) is 14.6 Å². The van der Waals surface area contributed by atoms with Gasteiger partial charge < -0.3 is 10.3 Å². The molecule has 0 saturated carbocycles. The Hall–Kier alpha value is -2.35. The van der Waals surface area contributed by atoms with E-state index in [9.17, 15) is 8.78 Å². The fraction of sp³-hybridized carbons (Fsp3) is 0.0833. The maximum atomic E-state index is 13.1. The van der Waals surface area contributed by atoms with Gasteiger partial charge in [-0.25, -0.2) is 13.8 Å². The highest BCUT2D eigenvalue weighted by molar-refractivity contribution is 5.70. The number of hydrogen-bond acceptors (Lipinski definition) is 2. The first-order valence-electron chi connectivity index (χ1n) is 4.83. The molecule has 2 aromatic rings. The van der Waals surface area contributed by atoms with Crippen LogP contribution < -0.4 is 5.73 Å². The lowest BCUT2D eigenvalue weighted by atomic mass is 10.1. The maximum Gasteiger partial charge on any atom is 0.159 e. The largest absolute Gasteiger partial charge is 0.383 e. The van der Waals surface area contributed by atoms with Gasteiger partial charge in [-0.2, -0.15) is 0 Å². The van der Waals surface area contributed by atoms with Crippen LogP contribution in [0.3, 0.4) is 0 Å². The molecule has 2 N–H and O–H groups in total. The van der Waals surface area contributed by atoms with Crippen molar-refractivity contribution in [1.82, 2.24) is 9.55 Å². The molecule has 0 fully saturated rings. The Labute approximate surface area is 96.9 Å². The summed E-state index contributed by atoms with van der Waals surface area (Å²) in [5, 5.41) is 0. The van der Waals surface area contributed by atoms with E-state index in [-0.39, 0.29) is 6.54 Å². The van der Waals surface area contributed by atoms with Crippen LogP contribution in [-0.4, -0.2) is 9.55 Å². The first kappa shape index (κ1) is 11.1. The molecule has 0 radical (unpaired) electrons. The number of rotatable bonds is 2. The van der Waals surface area contributed by atoms with Gasteiger partial charge in [-0.3, -0.25) is 0 Å². The molecule has 0 amide bonds. The molecule has 1 aromatic heterocycles. The molecule has 0 aliphatic rings. The third-order valence-corrected chi connectivity index (χ3v) is 2.33. The topological polar surface area (TPSA) is 43.8 Å². The Balaban J connectivity index is 2.47. The van der Waals surface area contributed by atoms with Crippen LogP contribution in [0.5, 0.6) is 0 Å². The number of imidazole rings is 1. The van der Waals surface area contributed by atoms with Crippen molar-refractivity contribution < 1.29 is 8.78 Å². The summed E-state index contributed by atoms with van der Waals surface area (Å²) in [5.74, 6) is 0.903. The van der Waals surface area contributed by atoms with E-state index in [2.05, 4.69) is 10.9 Å². The Morgan fingerprint density at radius 3 is 2.76 bits per heavy atom. The van der Waals surface area contributed by atoms with Gasteiger partial charge in [-0.05, 0) is 18.2 Å². The minimum atomic E-state index is -0.937. The maximum absolute atomic E-state index is 13.1. The van der Waals surface area contributed by atoms with Gasteiger partial charge in [-0.15, -0.1) is 6.42 Å². The molecule has 5 heteroatoms. The number of halogens is 2. The van der Waals surface area contributed by atoms with Crippen LogP contribution in [0.1, 0.15) is 0 Å². The van der Waals surface area contributed by atoms with Crippen LogP contribution in [0.2, 0.25) is 0 Å². The van der Waals surface area contributed by atoms with Crippen molar-refractivity contribution in [1.29, 1.82) is 0 Å². The standard InChI is InChI=1S/C12H9F2N3/c1-2-5-17-7-16-11(12(17)15)8-3-4-9(13)10(14)6-8/h1,3-4,6-7H,5,15H2. The Morgan fingerprint density at radius 2 is 2.12 bits per heavy atom. The highest BCUT2D eigenvalue weighted by Crippen LogP contribution is 2.25. The van der Waals surface area contributed by atoms with Crippen molar-refractivity contribution in [3.8, 4) is 23.6 Å². The summed E-state index contributed by atoms with van der Waals surface area (Å²) in [4.78, 5) is 4.03. The van der Waals surface area contributed by atoms with Gasteiger partial charge in [0.25, 0.3) is 0 Å². The van der Waals surface area contributed by atoms with E-state index >= 15 is 0 Å². The number of nitrogens with two attached hydrogens (primary N) is 1. The molecule has 0 saturated heterocycles. The summed E-state index contributed by atoms with van der Waals surface area (Å²) in [6.07, 6.45) is 6.62. The van der Waals surface area contributed by atoms with Gasteiger partial charge in [0, 0.05) is 5.56 Å². The number of anilines is 1. The van der Waals surface area contributed by atoms with Gasteiger partial charge in [0.1, 0.15) is 11.5 Å². The number of hydrogen-bond donors (Lipinski definition) is 1. The molecule has 0 unspecified atom stereocenters. The van der Waals surface area contributed by atoms with Crippen molar-refractivity contribution in [3.05, 3.63) is 36.2 Å². The van der Waals surface area contributed by atoms with Crippen molar-refractivity contribution in [2.24, 2.45) is 0 Å². The lowest BCUT2D eigenvalue weighted by Crippen LogP contribution is -2.00. The second-order valence-corrected chi connectivity index (χ2v) is 3.44. The van der Waals surface area contributed by atoms with Crippen LogP contribution in [0.15, 0.2) is 24.5 Å². The van der Waals surface area contributed by atoms with E-state index < -0.39 is 11.6 Å². The highest BCUT2D eigenvalue weighted by atomic mass is 19.2. The van der Waals surface area contributed by atoms with Gasteiger partial charge in [0.2, 0.25) is 0 Å². The number of nitrogens with zero attached hydrogens (tertiary/aromatic N) is 2. The molecule has 2 rings (SSSR count). The summed E-state index contributed by atoms with van der Waals surface area (Å²) in [5.41, 5.74) is 6.60. The first-order valence-corrected chi connectivity index (χ1v) is 4.83. The Morgan fingerprint density at radius 1 is 1.35 bits per heavy atom. The van der Waals surface area contributed by atoms with E-state index in [4.69, 9.17) is 12.2 Å². The molecular weight excluding hydrogens is 224 g/mol. The van der Waals surface area contributed by atoms with Crippen LogP contribution in [-0.2, 0) is 6.54 Å². The second-order valence-electron chi connectivity index (χ2n) is 3.44. The Bertz CT molecular complexity index is 596. The molecule has 0 aliphatic heterocycles. The highest BCUT2D eigenvalue weighted by Gasteiger charge is 2.11. The monoisotopic (exact) mass is 233 g/mol. The van der Waals surface area contributed by atoms with Crippen molar-refractivity contribution in [2.45, 2.75) is 6.54 Å². The summed E-state index contributed by atoms with van der Waals surface area (Å²) in [6.45, 7) is 0.280. The summed E-state index contributed by atoms with van der Waals surface area (Å²) in [6, 6.07) is 3.50. The summed E-state index contributed by atoms with van der Waals surface area (Å²) >= 11 is 0. The smallest absolute Gasteiger partial charge is 0.159 e. The van der Waals surface area contributed by atoms with E-state index in [0.29, 0.717) is 17.1 Å². The third-order valence-electron chi connectivity index (χ3n) is 2.33. The zero-order valence-corrected chi connectivity index (χ0v) is 8.82. The van der Waals surface area contributed by atoms with E-state index in [1.165, 1.54) is 12.4 Å². The molecule has 0 spiro atoms. The average Bonchev–Trinajstić information content (AvgIpc) is 2.66. The normalized spacial score (nSPS) is 10.2. The van der Waals surface area contributed by atoms with Gasteiger partial charge in [-0.1, -0.05) is 5.92 Å². The zero-order chi connectivity index (χ0) is 12.4. The van der Waals surface area contributed by atoms with Crippen LogP contribution >= 0.6 is 0 Å². The molecule has 86 valence electrons. The number of aromatic nitrogens is 2. The molecular formula is C12H9F2N3. The number of terminal acetylenes is 1. The van der Waals surface area contributed by atoms with Crippen LogP contribution in [0.25, 0.3) is 11.3 Å². The second kappa shape index (κ2) is 4.26. The van der Waals surface area contributed by atoms with E-state index in [1.54, 1.807) is 4.57 Å². The number of nitrogen functional groups attached to an aromatic ring is 1. The lowest BCUT2D eigenvalue weighted by molar-refractivity contribution is 0.509. The van der Waals surface area contributed by atoms with Crippen molar-refractivity contribution in [3.63, 3.8) is 0 Å². The summed E-state index contributed by atoms with van der Waals surface area (Å²) in [7, 11) is 0. The molecule has 0 aliphatic carbocycles. The minimum Gasteiger partial charge on any atom is -0.383 e. The minimum absolute atomic E-state index is 0.280. The first-order chi connectivity index (χ1) is 8.13. The van der Waals surface area contributed by atoms with Crippen LogP contribution in [0, 0.1) is 24.0 Å². The fourth-order valence-electron chi connectivity index (χ4n) is 1.48. The van der Waals surface area contributed by atoms with Gasteiger partial charge in [0.05, 0.1) is 12.9 Å². The van der Waals surface area contributed by atoms with Crippen molar-refractivity contribution >= 4 is 5.82 Å². The average molecular weight is 233 g/mol. The zero-order valence-electron chi connectivity index (χ0n) is 8.82. The van der Waals surface area contributed by atoms with E-state index in [1.807, 2.05) is 0 Å². The Kier molecular flexibility index (Phi) is 2.79. The molecule has 17 heavy (non-hydrogen) atoms. The summed E-state index contributed by atoms with van der Waals surface area (Å²) < 4.78 is 27.4. The molecule has 1 heterocycles. The molecule has 0 bridgehead atoms. The predicted octanol–water partition coefficient (Wildman–Crippen LogP) is 2.04. The molecule has 0 atom stereocenters. The number of benzene rings is 1. The molecule has 1 aromatic carbocycles. The van der Waals surface area contributed by atoms with E-state index in [0.717, 1.165) is 12.1 Å². The quantitative estimate of drug-likeness (QED) is 0.807.